The normalized spacial score (nSPS) is 15.0. The van der Waals surface area contributed by atoms with Crippen LogP contribution in [0.15, 0.2) is 42.7 Å². The predicted molar refractivity (Wildman–Crippen MR) is 104 cm³/mol. The van der Waals surface area contributed by atoms with Crippen LogP contribution in [-0.4, -0.2) is 82.1 Å². The van der Waals surface area contributed by atoms with Crippen LogP contribution in [0.25, 0.3) is 5.69 Å². The van der Waals surface area contributed by atoms with E-state index in [0.717, 1.165) is 18.8 Å². The van der Waals surface area contributed by atoms with Gasteiger partial charge in [0.2, 0.25) is 5.91 Å². The van der Waals surface area contributed by atoms with E-state index >= 15 is 0 Å². The van der Waals surface area contributed by atoms with Crippen LogP contribution in [0.1, 0.15) is 24.2 Å². The summed E-state index contributed by atoms with van der Waals surface area (Å²) in [7, 11) is 0. The van der Waals surface area contributed by atoms with E-state index in [1.807, 2.05) is 54.0 Å². The van der Waals surface area contributed by atoms with E-state index in [9.17, 15) is 9.59 Å². The van der Waals surface area contributed by atoms with Crippen LogP contribution in [0, 0.1) is 0 Å². The van der Waals surface area contributed by atoms with Gasteiger partial charge < -0.3 is 9.80 Å². The average Bonchev–Trinajstić information content (AvgIpc) is 3.20. The molecule has 0 saturated carbocycles. The highest BCUT2D eigenvalue weighted by Gasteiger charge is 2.25. The van der Waals surface area contributed by atoms with Crippen LogP contribution in [0.5, 0.6) is 0 Å². The van der Waals surface area contributed by atoms with Crippen LogP contribution >= 0.6 is 0 Å². The standard InChI is InChI=1S/C20H27N5O2/c1-3-23(4-2)19(26)16-22-10-12-24(13-11-22)20(27)17-14-21-25(15-17)18-8-6-5-7-9-18/h5-9,14-15H,3-4,10-13,16H2,1-2H3. The van der Waals surface area contributed by atoms with Gasteiger partial charge in [-0.05, 0) is 26.0 Å². The van der Waals surface area contributed by atoms with Gasteiger partial charge in [0, 0.05) is 45.5 Å². The summed E-state index contributed by atoms with van der Waals surface area (Å²) in [5.74, 6) is 0.149. The molecule has 7 nitrogen and oxygen atoms in total. The molecule has 2 aromatic rings. The predicted octanol–water partition coefficient (Wildman–Crippen LogP) is 1.50. The minimum Gasteiger partial charge on any atom is -0.342 e. The molecule has 1 fully saturated rings. The fourth-order valence-corrected chi connectivity index (χ4v) is 3.31. The minimum atomic E-state index is -0.00750. The van der Waals surface area contributed by atoms with Gasteiger partial charge in [0.1, 0.15) is 0 Å². The zero-order valence-electron chi connectivity index (χ0n) is 16.0. The molecule has 0 atom stereocenters. The number of benzene rings is 1. The second-order valence-corrected chi connectivity index (χ2v) is 6.64. The van der Waals surface area contributed by atoms with Gasteiger partial charge in [0.25, 0.3) is 5.91 Å². The van der Waals surface area contributed by atoms with Crippen molar-refractivity contribution in [2.75, 3.05) is 45.8 Å². The van der Waals surface area contributed by atoms with Crippen molar-refractivity contribution in [3.05, 3.63) is 48.3 Å². The Balaban J connectivity index is 1.55. The largest absolute Gasteiger partial charge is 0.342 e. The van der Waals surface area contributed by atoms with Crippen LogP contribution < -0.4 is 0 Å². The first-order valence-corrected chi connectivity index (χ1v) is 9.51. The van der Waals surface area contributed by atoms with Gasteiger partial charge in [-0.2, -0.15) is 5.10 Å². The first kappa shape index (κ1) is 19.1. The van der Waals surface area contributed by atoms with Crippen LogP contribution in [0.3, 0.4) is 0 Å². The lowest BCUT2D eigenvalue weighted by atomic mass is 10.2. The monoisotopic (exact) mass is 369 g/mol. The molecule has 0 radical (unpaired) electrons. The summed E-state index contributed by atoms with van der Waals surface area (Å²) in [5, 5.41) is 4.30. The van der Waals surface area contributed by atoms with Crippen molar-refractivity contribution < 1.29 is 9.59 Å². The fourth-order valence-electron chi connectivity index (χ4n) is 3.31. The summed E-state index contributed by atoms with van der Waals surface area (Å²) in [5.41, 5.74) is 1.52. The molecule has 0 bridgehead atoms. The number of hydrogen-bond donors (Lipinski definition) is 0. The summed E-state index contributed by atoms with van der Waals surface area (Å²) < 4.78 is 1.71. The Hall–Kier alpha value is -2.67. The van der Waals surface area contributed by atoms with E-state index in [1.165, 1.54) is 0 Å². The first-order chi connectivity index (χ1) is 13.1. The summed E-state index contributed by atoms with van der Waals surface area (Å²) in [4.78, 5) is 30.8. The van der Waals surface area contributed by atoms with Crippen molar-refractivity contribution >= 4 is 11.8 Å². The van der Waals surface area contributed by atoms with Crippen LogP contribution in [-0.2, 0) is 4.79 Å². The Bertz CT molecular complexity index is 762. The Morgan fingerprint density at radius 1 is 1.04 bits per heavy atom. The molecular formula is C20H27N5O2. The molecule has 1 aliphatic rings. The maximum Gasteiger partial charge on any atom is 0.257 e. The van der Waals surface area contributed by atoms with Gasteiger partial charge in [-0.15, -0.1) is 0 Å². The molecule has 0 aliphatic carbocycles. The van der Waals surface area contributed by atoms with Crippen molar-refractivity contribution in [1.82, 2.24) is 24.5 Å². The first-order valence-electron chi connectivity index (χ1n) is 9.51. The van der Waals surface area contributed by atoms with Gasteiger partial charge in [-0.25, -0.2) is 4.68 Å². The van der Waals surface area contributed by atoms with Crippen molar-refractivity contribution in [2.45, 2.75) is 13.8 Å². The van der Waals surface area contributed by atoms with Gasteiger partial charge in [0.05, 0.1) is 24.0 Å². The summed E-state index contributed by atoms with van der Waals surface area (Å²) >= 11 is 0. The van der Waals surface area contributed by atoms with Crippen molar-refractivity contribution in [3.8, 4) is 5.69 Å². The summed E-state index contributed by atoms with van der Waals surface area (Å²) in [6.45, 7) is 8.56. The molecule has 1 aromatic carbocycles. The quantitative estimate of drug-likeness (QED) is 0.774. The Labute approximate surface area is 160 Å². The van der Waals surface area contributed by atoms with E-state index in [0.29, 0.717) is 38.3 Å². The Kier molecular flexibility index (Phi) is 6.24. The molecule has 1 saturated heterocycles. The van der Waals surface area contributed by atoms with E-state index in [4.69, 9.17) is 0 Å². The molecule has 2 amide bonds. The molecule has 1 aliphatic heterocycles. The molecule has 3 rings (SSSR count). The maximum atomic E-state index is 12.8. The highest BCUT2D eigenvalue weighted by atomic mass is 16.2. The highest BCUT2D eigenvalue weighted by molar-refractivity contribution is 5.94. The number of rotatable bonds is 6. The molecule has 0 unspecified atom stereocenters. The number of likely N-dealkylation sites (N-methyl/N-ethyl adjacent to an activating group) is 1. The molecular weight excluding hydrogens is 342 g/mol. The zero-order valence-corrected chi connectivity index (χ0v) is 16.0. The molecule has 0 spiro atoms. The number of piperazine rings is 1. The number of hydrogen-bond acceptors (Lipinski definition) is 4. The van der Waals surface area contributed by atoms with Gasteiger partial charge >= 0.3 is 0 Å². The number of nitrogens with zero attached hydrogens (tertiary/aromatic N) is 5. The van der Waals surface area contributed by atoms with Crippen molar-refractivity contribution in [1.29, 1.82) is 0 Å². The topological polar surface area (TPSA) is 61.7 Å². The summed E-state index contributed by atoms with van der Waals surface area (Å²) in [6.07, 6.45) is 3.39. The molecule has 0 N–H and O–H groups in total. The SMILES string of the molecule is CCN(CC)C(=O)CN1CCN(C(=O)c2cnn(-c3ccccc3)c2)CC1. The van der Waals surface area contributed by atoms with Gasteiger partial charge in [-0.1, -0.05) is 18.2 Å². The molecule has 7 heteroatoms. The number of carbonyl (C=O) groups is 2. The van der Waals surface area contributed by atoms with E-state index in [2.05, 4.69) is 10.00 Å². The van der Waals surface area contributed by atoms with Gasteiger partial charge in [-0.3, -0.25) is 14.5 Å². The van der Waals surface area contributed by atoms with Crippen LogP contribution in [0.2, 0.25) is 0 Å². The smallest absolute Gasteiger partial charge is 0.257 e. The second-order valence-electron chi connectivity index (χ2n) is 6.64. The second kappa shape index (κ2) is 8.81. The lowest BCUT2D eigenvalue weighted by molar-refractivity contribution is -0.132. The van der Waals surface area contributed by atoms with E-state index in [1.54, 1.807) is 17.1 Å². The Morgan fingerprint density at radius 2 is 1.70 bits per heavy atom. The minimum absolute atomic E-state index is 0.00750. The third-order valence-electron chi connectivity index (χ3n) is 4.98. The number of aromatic nitrogens is 2. The van der Waals surface area contributed by atoms with E-state index < -0.39 is 0 Å². The third-order valence-corrected chi connectivity index (χ3v) is 4.98. The lowest BCUT2D eigenvalue weighted by Crippen LogP contribution is -2.51. The molecule has 144 valence electrons. The Morgan fingerprint density at radius 3 is 2.33 bits per heavy atom. The van der Waals surface area contributed by atoms with E-state index in [-0.39, 0.29) is 11.8 Å². The van der Waals surface area contributed by atoms with Crippen molar-refractivity contribution in [2.24, 2.45) is 0 Å². The number of amides is 2. The molecule has 1 aromatic heterocycles. The maximum absolute atomic E-state index is 12.8. The summed E-state index contributed by atoms with van der Waals surface area (Å²) in [6, 6.07) is 9.73. The third kappa shape index (κ3) is 4.54. The average molecular weight is 369 g/mol. The molecule has 2 heterocycles. The molecule has 27 heavy (non-hydrogen) atoms. The lowest BCUT2D eigenvalue weighted by Gasteiger charge is -2.35. The highest BCUT2D eigenvalue weighted by Crippen LogP contribution is 2.12. The zero-order chi connectivity index (χ0) is 19.2. The number of para-hydroxylation sites is 1. The van der Waals surface area contributed by atoms with Crippen LogP contribution in [0.4, 0.5) is 0 Å². The fraction of sp³-hybridized carbons (Fsp3) is 0.450. The number of carbonyl (C=O) groups excluding carboxylic acids is 2. The van der Waals surface area contributed by atoms with Gasteiger partial charge in [0.15, 0.2) is 0 Å². The van der Waals surface area contributed by atoms with Crippen molar-refractivity contribution in [3.63, 3.8) is 0 Å².